The molecule has 2 aliphatic carbocycles. The van der Waals surface area contributed by atoms with Gasteiger partial charge in [-0.2, -0.15) is 0 Å². The van der Waals surface area contributed by atoms with Crippen molar-refractivity contribution in [2.45, 2.75) is 58.5 Å². The third kappa shape index (κ3) is 2.14. The largest absolute Gasteiger partial charge is 0.508 e. The molecule has 1 fully saturated rings. The summed E-state index contributed by atoms with van der Waals surface area (Å²) in [6.07, 6.45) is 6.46. The maximum Gasteiger partial charge on any atom is 0.115 e. The monoisotopic (exact) mass is 274 g/mol. The van der Waals surface area contributed by atoms with Crippen LogP contribution in [0.4, 0.5) is 0 Å². The third-order valence-electron chi connectivity index (χ3n) is 6.15. The number of rotatable bonds is 2. The van der Waals surface area contributed by atoms with Crippen LogP contribution < -0.4 is 0 Å². The van der Waals surface area contributed by atoms with Crippen molar-refractivity contribution in [3.05, 3.63) is 29.3 Å². The molecule has 2 N–H and O–H groups in total. The van der Waals surface area contributed by atoms with Crippen LogP contribution in [0.15, 0.2) is 18.2 Å². The Hall–Kier alpha value is -1.02. The summed E-state index contributed by atoms with van der Waals surface area (Å²) >= 11 is 0. The molecule has 2 aliphatic rings. The van der Waals surface area contributed by atoms with Gasteiger partial charge in [0.2, 0.25) is 0 Å². The van der Waals surface area contributed by atoms with Gasteiger partial charge in [0.15, 0.2) is 0 Å². The lowest BCUT2D eigenvalue weighted by molar-refractivity contribution is 0.0153. The van der Waals surface area contributed by atoms with Crippen LogP contribution >= 0.6 is 0 Å². The molecule has 110 valence electrons. The molecule has 0 radical (unpaired) electrons. The van der Waals surface area contributed by atoms with Gasteiger partial charge in [0.25, 0.3) is 0 Å². The minimum Gasteiger partial charge on any atom is -0.508 e. The summed E-state index contributed by atoms with van der Waals surface area (Å²) in [4.78, 5) is 0. The van der Waals surface area contributed by atoms with E-state index >= 15 is 0 Å². The van der Waals surface area contributed by atoms with E-state index in [1.807, 2.05) is 12.1 Å². The maximum absolute atomic E-state index is 10.3. The average Bonchev–Trinajstić information content (AvgIpc) is 2.75. The summed E-state index contributed by atoms with van der Waals surface area (Å²) in [6, 6.07) is 5.82. The first kappa shape index (κ1) is 13.9. The van der Waals surface area contributed by atoms with E-state index in [-0.39, 0.29) is 11.5 Å². The van der Waals surface area contributed by atoms with Crippen LogP contribution in [0.3, 0.4) is 0 Å². The Morgan fingerprint density at radius 3 is 2.75 bits per heavy atom. The van der Waals surface area contributed by atoms with Crippen LogP contribution in [-0.2, 0) is 12.8 Å². The number of phenolic OH excluding ortho intramolecular Hbond substituents is 1. The predicted molar refractivity (Wildman–Crippen MR) is 80.8 cm³/mol. The second-order valence-electron chi connectivity index (χ2n) is 7.01. The van der Waals surface area contributed by atoms with E-state index in [9.17, 15) is 10.2 Å². The summed E-state index contributed by atoms with van der Waals surface area (Å²) in [7, 11) is 0. The van der Waals surface area contributed by atoms with Crippen molar-refractivity contribution < 1.29 is 10.2 Å². The van der Waals surface area contributed by atoms with Crippen molar-refractivity contribution in [2.24, 2.45) is 17.3 Å². The molecule has 20 heavy (non-hydrogen) atoms. The zero-order valence-electron chi connectivity index (χ0n) is 12.6. The Labute approximate surface area is 121 Å². The van der Waals surface area contributed by atoms with Gasteiger partial charge in [-0.1, -0.05) is 19.9 Å². The minimum atomic E-state index is -0.126. The number of aliphatic hydroxyl groups is 1. The summed E-state index contributed by atoms with van der Waals surface area (Å²) in [5.41, 5.74) is 2.82. The maximum atomic E-state index is 10.3. The van der Waals surface area contributed by atoms with E-state index in [4.69, 9.17) is 0 Å². The van der Waals surface area contributed by atoms with Crippen LogP contribution in [0.1, 0.15) is 50.7 Å². The number of benzene rings is 1. The molecule has 1 aromatic rings. The highest BCUT2D eigenvalue weighted by Crippen LogP contribution is 2.51. The van der Waals surface area contributed by atoms with Crippen molar-refractivity contribution >= 4 is 0 Å². The van der Waals surface area contributed by atoms with Crippen LogP contribution in [0, 0.1) is 17.3 Å². The topological polar surface area (TPSA) is 40.5 Å². The number of hydrogen-bond acceptors (Lipinski definition) is 2. The minimum absolute atomic E-state index is 0.0963. The van der Waals surface area contributed by atoms with Gasteiger partial charge in [-0.15, -0.1) is 0 Å². The lowest BCUT2D eigenvalue weighted by atomic mass is 9.66. The summed E-state index contributed by atoms with van der Waals surface area (Å²) < 4.78 is 0. The van der Waals surface area contributed by atoms with Crippen molar-refractivity contribution in [3.63, 3.8) is 0 Å². The summed E-state index contributed by atoms with van der Waals surface area (Å²) in [5.74, 6) is 1.72. The van der Waals surface area contributed by atoms with Gasteiger partial charge in [-0.3, -0.25) is 0 Å². The van der Waals surface area contributed by atoms with Crippen LogP contribution in [-0.4, -0.2) is 16.3 Å². The summed E-state index contributed by atoms with van der Waals surface area (Å²) in [5, 5.41) is 19.9. The van der Waals surface area contributed by atoms with Gasteiger partial charge in [0, 0.05) is 0 Å². The molecule has 3 rings (SSSR count). The normalized spacial score (nSPS) is 36.9. The van der Waals surface area contributed by atoms with E-state index in [2.05, 4.69) is 19.9 Å². The quantitative estimate of drug-likeness (QED) is 0.863. The lowest BCUT2D eigenvalue weighted by Gasteiger charge is -2.40. The zero-order chi connectivity index (χ0) is 14.3. The van der Waals surface area contributed by atoms with Crippen molar-refractivity contribution in [1.82, 2.24) is 0 Å². The van der Waals surface area contributed by atoms with Crippen LogP contribution in [0.25, 0.3) is 0 Å². The molecule has 0 saturated heterocycles. The van der Waals surface area contributed by atoms with Crippen LogP contribution in [0.5, 0.6) is 5.75 Å². The second kappa shape index (κ2) is 5.07. The van der Waals surface area contributed by atoms with E-state index in [1.54, 1.807) is 0 Å². The van der Waals surface area contributed by atoms with Gasteiger partial charge in [0.1, 0.15) is 5.75 Å². The van der Waals surface area contributed by atoms with Crippen molar-refractivity contribution in [2.75, 3.05) is 0 Å². The highest BCUT2D eigenvalue weighted by atomic mass is 16.3. The van der Waals surface area contributed by atoms with E-state index in [1.165, 1.54) is 24.0 Å². The molecule has 0 spiro atoms. The molecule has 0 amide bonds. The predicted octanol–water partition coefficient (Wildman–Crippen LogP) is 3.68. The molecule has 1 aromatic carbocycles. The molecule has 1 saturated carbocycles. The average molecular weight is 274 g/mol. The molecule has 2 nitrogen and oxygen atoms in total. The van der Waals surface area contributed by atoms with E-state index < -0.39 is 0 Å². The fraction of sp³-hybridized carbons (Fsp3) is 0.667. The van der Waals surface area contributed by atoms with Gasteiger partial charge >= 0.3 is 0 Å². The third-order valence-corrected chi connectivity index (χ3v) is 6.15. The Morgan fingerprint density at radius 2 is 2.00 bits per heavy atom. The number of aryl methyl sites for hydroxylation is 1. The number of phenols is 1. The molecule has 0 aliphatic heterocycles. The zero-order valence-corrected chi connectivity index (χ0v) is 12.6. The number of aliphatic hydroxyl groups excluding tert-OH is 1. The molecule has 0 heterocycles. The Morgan fingerprint density at radius 1 is 1.20 bits per heavy atom. The highest BCUT2D eigenvalue weighted by molar-refractivity contribution is 5.36. The highest BCUT2D eigenvalue weighted by Gasteiger charge is 2.47. The first-order valence-corrected chi connectivity index (χ1v) is 8.03. The molecule has 0 bridgehead atoms. The number of fused-ring (bicyclic) bond motifs is 1. The van der Waals surface area contributed by atoms with E-state index in [0.717, 1.165) is 25.7 Å². The first-order chi connectivity index (χ1) is 9.54. The molecule has 0 unspecified atom stereocenters. The van der Waals surface area contributed by atoms with E-state index in [0.29, 0.717) is 17.6 Å². The molecule has 2 heteroatoms. The standard InChI is InChI=1S/C18H26O2/c1-3-18(2)16(8-9-17(18)20)14-5-4-13-11-15(19)7-6-12(13)10-14/h6-7,11,14,16-17,19-20H,3-5,8-10H2,1-2H3/t14-,16+,17+,18+/m1/s1. The fourth-order valence-corrected chi connectivity index (χ4v) is 4.63. The van der Waals surface area contributed by atoms with Gasteiger partial charge < -0.3 is 10.2 Å². The van der Waals surface area contributed by atoms with Crippen LogP contribution in [0.2, 0.25) is 0 Å². The molecule has 4 atom stereocenters. The number of aromatic hydroxyl groups is 1. The van der Waals surface area contributed by atoms with Gasteiger partial charge in [0.05, 0.1) is 6.10 Å². The lowest BCUT2D eigenvalue weighted by Crippen LogP contribution is -2.37. The summed E-state index contributed by atoms with van der Waals surface area (Å²) in [6.45, 7) is 4.50. The fourth-order valence-electron chi connectivity index (χ4n) is 4.63. The Kier molecular flexibility index (Phi) is 3.53. The number of hydrogen-bond donors (Lipinski definition) is 2. The Balaban J connectivity index is 1.82. The van der Waals surface area contributed by atoms with Crippen molar-refractivity contribution in [1.29, 1.82) is 0 Å². The van der Waals surface area contributed by atoms with Gasteiger partial charge in [-0.05, 0) is 79.0 Å². The SMILES string of the molecule is CC[C@]1(C)[C@@H](O)CC[C@H]1[C@@H]1CCc2cc(O)ccc2C1. The second-order valence-corrected chi connectivity index (χ2v) is 7.01. The molecule has 0 aromatic heterocycles. The Bertz CT molecular complexity index is 496. The first-order valence-electron chi connectivity index (χ1n) is 8.03. The van der Waals surface area contributed by atoms with Crippen molar-refractivity contribution in [3.8, 4) is 5.75 Å². The van der Waals surface area contributed by atoms with Gasteiger partial charge in [-0.25, -0.2) is 0 Å². The molecular formula is C18H26O2. The molecular weight excluding hydrogens is 248 g/mol. The smallest absolute Gasteiger partial charge is 0.115 e.